The molecule has 5 N–H and O–H groups in total. The van der Waals surface area contributed by atoms with Crippen molar-refractivity contribution < 1.29 is 28.2 Å². The summed E-state index contributed by atoms with van der Waals surface area (Å²) in [6, 6.07) is 12.8. The second-order valence-electron chi connectivity index (χ2n) is 10.5. The average Bonchev–Trinajstić information content (AvgIpc) is 3.31. The number of aliphatic hydroxyl groups is 1. The molecule has 0 aliphatic carbocycles. The fourth-order valence-electron chi connectivity index (χ4n) is 5.08. The van der Waals surface area contributed by atoms with Crippen molar-refractivity contribution in [1.82, 2.24) is 15.3 Å². The summed E-state index contributed by atoms with van der Waals surface area (Å²) in [4.78, 5) is 23.6. The van der Waals surface area contributed by atoms with Crippen molar-refractivity contribution in [1.29, 1.82) is 0 Å². The lowest BCUT2D eigenvalue weighted by Gasteiger charge is -2.34. The Hall–Kier alpha value is -3.94. The number of anilines is 3. The highest BCUT2D eigenvalue weighted by molar-refractivity contribution is 7.21. The summed E-state index contributed by atoms with van der Waals surface area (Å²) in [6.45, 7) is 1.16. The zero-order valence-corrected chi connectivity index (χ0v) is 23.8. The van der Waals surface area contributed by atoms with E-state index in [1.807, 2.05) is 43.3 Å². The molecule has 1 atom stereocenters. The van der Waals surface area contributed by atoms with Crippen molar-refractivity contribution in [3.8, 4) is 11.1 Å². The first-order chi connectivity index (χ1) is 19.9. The van der Waals surface area contributed by atoms with Crippen LogP contribution in [0.5, 0.6) is 0 Å². The van der Waals surface area contributed by atoms with Gasteiger partial charge in [-0.05, 0) is 42.7 Å². The highest BCUT2D eigenvalue weighted by atomic mass is 32.1. The quantitative estimate of drug-likeness (QED) is 0.221. The number of piperidine rings is 1. The molecule has 0 radical (unpaired) electrons. The summed E-state index contributed by atoms with van der Waals surface area (Å²) < 4.78 is 41.7. The van der Waals surface area contributed by atoms with Gasteiger partial charge in [0, 0.05) is 62.6 Å². The number of nitrogens with two attached hydrogens (primary N) is 1. The molecule has 222 valence electrons. The van der Waals surface area contributed by atoms with Crippen LogP contribution in [0.2, 0.25) is 0 Å². The van der Waals surface area contributed by atoms with Gasteiger partial charge in [0.1, 0.15) is 21.6 Å². The van der Waals surface area contributed by atoms with Crippen LogP contribution in [-0.2, 0) is 6.18 Å². The van der Waals surface area contributed by atoms with Crippen LogP contribution >= 0.6 is 11.3 Å². The normalized spacial score (nSPS) is 15.2. The number of pyridine rings is 2. The molecule has 0 bridgehead atoms. The van der Waals surface area contributed by atoms with E-state index in [1.165, 1.54) is 0 Å². The number of aromatic nitrogens is 2. The number of fused-ring (bicyclic) bond motifs is 1. The number of aromatic carboxylic acids is 1. The molecule has 1 aliphatic heterocycles. The maximum absolute atomic E-state index is 13.9. The molecule has 4 aromatic rings. The molecule has 1 saturated heterocycles. The molecule has 4 heterocycles. The molecule has 1 fully saturated rings. The second-order valence-corrected chi connectivity index (χ2v) is 11.5. The largest absolute Gasteiger partial charge is 0.477 e. The van der Waals surface area contributed by atoms with E-state index in [9.17, 15) is 28.2 Å². The number of rotatable bonds is 8. The maximum atomic E-state index is 13.9. The first kappa shape index (κ1) is 29.5. The third kappa shape index (κ3) is 6.13. The van der Waals surface area contributed by atoms with E-state index in [0.717, 1.165) is 22.9 Å². The van der Waals surface area contributed by atoms with Crippen LogP contribution in [0.25, 0.3) is 21.3 Å². The van der Waals surface area contributed by atoms with Crippen LogP contribution in [0.4, 0.5) is 30.4 Å². The van der Waals surface area contributed by atoms with Gasteiger partial charge in [0.25, 0.3) is 0 Å². The highest BCUT2D eigenvalue weighted by Gasteiger charge is 2.37. The lowest BCUT2D eigenvalue weighted by Crippen LogP contribution is -2.44. The topological polar surface area (TPSA) is 128 Å². The van der Waals surface area contributed by atoms with Crippen molar-refractivity contribution in [2.24, 2.45) is 0 Å². The van der Waals surface area contributed by atoms with Crippen molar-refractivity contribution in [3.63, 3.8) is 0 Å². The minimum absolute atomic E-state index is 0.0470. The van der Waals surface area contributed by atoms with Gasteiger partial charge in [-0.2, -0.15) is 13.2 Å². The predicted octanol–water partition coefficient (Wildman–Crippen LogP) is 5.02. The van der Waals surface area contributed by atoms with Gasteiger partial charge in [-0.25, -0.2) is 9.78 Å². The summed E-state index contributed by atoms with van der Waals surface area (Å²) in [7, 11) is 3.96. The molecule has 3 aromatic heterocycles. The highest BCUT2D eigenvalue weighted by Crippen LogP contribution is 2.43. The number of alkyl halides is 3. The monoisotopic (exact) mass is 600 g/mol. The third-order valence-corrected chi connectivity index (χ3v) is 8.51. The number of hydrogen-bond acceptors (Lipinski definition) is 9. The minimum atomic E-state index is -4.72. The van der Waals surface area contributed by atoms with Crippen molar-refractivity contribution in [3.05, 3.63) is 64.8 Å². The van der Waals surface area contributed by atoms with E-state index in [0.29, 0.717) is 43.0 Å². The number of aliphatic hydroxyl groups excluding tert-OH is 1. The van der Waals surface area contributed by atoms with Gasteiger partial charge in [-0.1, -0.05) is 18.2 Å². The average molecular weight is 601 g/mol. The first-order valence-electron chi connectivity index (χ1n) is 13.4. The van der Waals surface area contributed by atoms with Gasteiger partial charge in [-0.15, -0.1) is 11.3 Å². The lowest BCUT2D eigenvalue weighted by atomic mass is 10.0. The van der Waals surface area contributed by atoms with Crippen LogP contribution in [0.3, 0.4) is 0 Å². The number of hydrogen-bond donors (Lipinski definition) is 4. The number of carboxylic acids is 1. The fourth-order valence-corrected chi connectivity index (χ4v) is 6.04. The molecule has 1 unspecified atom stereocenters. The molecule has 13 heteroatoms. The molecule has 9 nitrogen and oxygen atoms in total. The van der Waals surface area contributed by atoms with E-state index in [4.69, 9.17) is 5.73 Å². The Morgan fingerprint density at radius 2 is 1.93 bits per heavy atom. The van der Waals surface area contributed by atoms with E-state index >= 15 is 0 Å². The lowest BCUT2D eigenvalue weighted by molar-refractivity contribution is -0.136. The number of nitrogens with one attached hydrogen (secondary N) is 1. The zero-order chi connectivity index (χ0) is 30.2. The van der Waals surface area contributed by atoms with Gasteiger partial charge in [0.15, 0.2) is 0 Å². The summed E-state index contributed by atoms with van der Waals surface area (Å²) in [5, 5.41) is 23.0. The number of carbonyl (C=O) groups is 1. The molecule has 1 aliphatic rings. The Labute approximate surface area is 244 Å². The van der Waals surface area contributed by atoms with Crippen LogP contribution in [0.1, 0.15) is 39.9 Å². The van der Waals surface area contributed by atoms with Crippen LogP contribution in [-0.4, -0.2) is 65.9 Å². The Morgan fingerprint density at radius 3 is 2.55 bits per heavy atom. The number of carboxylic acid groups (broad SMARTS) is 1. The van der Waals surface area contributed by atoms with Crippen molar-refractivity contribution in [2.75, 3.05) is 49.3 Å². The van der Waals surface area contributed by atoms with Gasteiger partial charge in [0.2, 0.25) is 0 Å². The predicted molar refractivity (Wildman–Crippen MR) is 158 cm³/mol. The summed E-state index contributed by atoms with van der Waals surface area (Å²) in [5.41, 5.74) is 7.96. The van der Waals surface area contributed by atoms with Crippen LogP contribution < -0.4 is 20.9 Å². The van der Waals surface area contributed by atoms with Gasteiger partial charge >= 0.3 is 12.1 Å². The molecule has 0 saturated carbocycles. The van der Waals surface area contributed by atoms with Gasteiger partial charge < -0.3 is 31.1 Å². The summed E-state index contributed by atoms with van der Waals surface area (Å²) in [5.74, 6) is -1.26. The Bertz CT molecular complexity index is 1580. The molecule has 42 heavy (non-hydrogen) atoms. The molecular formula is C29H31F3N6O3S. The van der Waals surface area contributed by atoms with E-state index < -0.39 is 29.5 Å². The van der Waals surface area contributed by atoms with E-state index in [2.05, 4.69) is 21.4 Å². The smallest absolute Gasteiger partial charge is 0.417 e. The first-order valence-corrected chi connectivity index (χ1v) is 14.2. The van der Waals surface area contributed by atoms with Crippen molar-refractivity contribution in [2.45, 2.75) is 31.2 Å². The second kappa shape index (κ2) is 11.7. The standard InChI is InChI=1S/C29H31F3N6O3S/c1-37(2)19-5-3-4-16(12-19)17-6-7-21(35-14-17)22(39)15-34-18-8-10-38(11-9-18)23-13-20(29(30,31)32)24-25(33)26(28(40)41)42-27(24)36-23/h3-7,12-14,18,22,34,39H,8-11,15,33H2,1-2H3,(H,40,41). The zero-order valence-electron chi connectivity index (χ0n) is 23.0. The molecule has 5 rings (SSSR count). The number of benzene rings is 1. The molecule has 0 spiro atoms. The Morgan fingerprint density at radius 1 is 1.19 bits per heavy atom. The van der Waals surface area contributed by atoms with Crippen LogP contribution in [0.15, 0.2) is 48.7 Å². The van der Waals surface area contributed by atoms with Crippen molar-refractivity contribution >= 4 is 44.7 Å². The fraction of sp³-hybridized carbons (Fsp3) is 0.345. The van der Waals surface area contributed by atoms with E-state index in [-0.39, 0.29) is 33.5 Å². The minimum Gasteiger partial charge on any atom is -0.477 e. The molecule has 0 amide bonds. The summed E-state index contributed by atoms with van der Waals surface area (Å²) in [6.07, 6.45) is -2.56. The third-order valence-electron chi connectivity index (χ3n) is 7.43. The summed E-state index contributed by atoms with van der Waals surface area (Å²) >= 11 is 0.641. The Kier molecular flexibility index (Phi) is 8.26. The molecule has 1 aromatic carbocycles. The van der Waals surface area contributed by atoms with E-state index in [1.54, 1.807) is 17.2 Å². The Balaban J connectivity index is 1.21. The number of nitrogen functional groups attached to an aromatic ring is 1. The molecular weight excluding hydrogens is 569 g/mol. The maximum Gasteiger partial charge on any atom is 0.417 e. The number of halogens is 3. The van der Waals surface area contributed by atoms with Gasteiger partial charge in [0.05, 0.1) is 16.9 Å². The van der Waals surface area contributed by atoms with Gasteiger partial charge in [-0.3, -0.25) is 4.98 Å². The number of nitrogens with zero attached hydrogens (tertiary/aromatic N) is 4. The SMILES string of the molecule is CN(C)c1cccc(-c2ccc(C(O)CNC3CCN(c4cc(C(F)(F)F)c5c(N)c(C(=O)O)sc5n4)CC3)nc2)c1. The van der Waals surface area contributed by atoms with Crippen LogP contribution in [0, 0.1) is 0 Å². The number of thiophene rings is 1.